The molecule has 8 heteroatoms. The van der Waals surface area contributed by atoms with Crippen LogP contribution in [0.3, 0.4) is 0 Å². The Labute approximate surface area is 193 Å². The molecule has 0 radical (unpaired) electrons. The summed E-state index contributed by atoms with van der Waals surface area (Å²) in [6.45, 7) is 7.10. The van der Waals surface area contributed by atoms with Crippen LogP contribution in [0.4, 0.5) is 0 Å². The molecule has 32 heavy (non-hydrogen) atoms. The molecular weight excluding hydrogens is 424 g/mol. The fourth-order valence-corrected chi connectivity index (χ4v) is 3.60. The van der Waals surface area contributed by atoms with Crippen molar-refractivity contribution in [1.29, 1.82) is 0 Å². The molecule has 0 aromatic heterocycles. The molecule has 168 valence electrons. The second-order valence-electron chi connectivity index (χ2n) is 8.89. The van der Waals surface area contributed by atoms with E-state index in [4.69, 9.17) is 12.2 Å². The van der Waals surface area contributed by atoms with Gasteiger partial charge in [-0.2, -0.15) is 0 Å². The second-order valence-corrected chi connectivity index (χ2v) is 9.29. The summed E-state index contributed by atoms with van der Waals surface area (Å²) in [5.74, 6) is -1.27. The maximum absolute atomic E-state index is 12.5. The van der Waals surface area contributed by atoms with Crippen LogP contribution in [0.2, 0.25) is 0 Å². The van der Waals surface area contributed by atoms with Gasteiger partial charge in [0, 0.05) is 25.1 Å². The zero-order valence-corrected chi connectivity index (χ0v) is 19.3. The Bertz CT molecular complexity index is 1000. The molecular formula is C24H28N4O3S. The SMILES string of the molecule is CC(C)(C)c1ccc(C(=O)NC(=S)NNC(=O)C2CC(=O)N(Cc3ccccc3)C2)cc1. The number of benzene rings is 2. The first-order valence-electron chi connectivity index (χ1n) is 10.5. The van der Waals surface area contributed by atoms with Crippen LogP contribution in [0.15, 0.2) is 54.6 Å². The highest BCUT2D eigenvalue weighted by molar-refractivity contribution is 7.80. The van der Waals surface area contributed by atoms with Crippen LogP contribution in [-0.2, 0) is 21.5 Å². The Morgan fingerprint density at radius 2 is 1.69 bits per heavy atom. The summed E-state index contributed by atoms with van der Waals surface area (Å²) >= 11 is 5.11. The van der Waals surface area contributed by atoms with Gasteiger partial charge in [-0.3, -0.25) is 30.6 Å². The lowest BCUT2D eigenvalue weighted by Gasteiger charge is -2.19. The van der Waals surface area contributed by atoms with Gasteiger partial charge in [0.2, 0.25) is 11.8 Å². The van der Waals surface area contributed by atoms with E-state index in [9.17, 15) is 14.4 Å². The zero-order chi connectivity index (χ0) is 23.3. The lowest BCUT2D eigenvalue weighted by molar-refractivity contribution is -0.129. The van der Waals surface area contributed by atoms with Crippen LogP contribution in [0.5, 0.6) is 0 Å². The van der Waals surface area contributed by atoms with Crippen molar-refractivity contribution in [2.24, 2.45) is 5.92 Å². The average molecular weight is 453 g/mol. The Hall–Kier alpha value is -3.26. The Kier molecular flexibility index (Phi) is 7.25. The molecule has 2 aromatic carbocycles. The number of hydrogen-bond acceptors (Lipinski definition) is 4. The summed E-state index contributed by atoms with van der Waals surface area (Å²) in [6.07, 6.45) is 0.138. The molecule has 1 fully saturated rings. The minimum atomic E-state index is -0.484. The quantitative estimate of drug-likeness (QED) is 0.490. The third kappa shape index (κ3) is 6.13. The predicted octanol–water partition coefficient (Wildman–Crippen LogP) is 2.67. The Morgan fingerprint density at radius 1 is 1.03 bits per heavy atom. The summed E-state index contributed by atoms with van der Waals surface area (Å²) in [5, 5.41) is 2.52. The number of carbonyl (C=O) groups is 3. The number of hydrogen-bond donors (Lipinski definition) is 3. The number of carbonyl (C=O) groups excluding carboxylic acids is 3. The zero-order valence-electron chi connectivity index (χ0n) is 18.5. The minimum Gasteiger partial charge on any atom is -0.338 e. The molecule has 0 bridgehead atoms. The van der Waals surface area contributed by atoms with Gasteiger partial charge < -0.3 is 4.90 Å². The molecule has 1 aliphatic heterocycles. The molecule has 3 amide bonds. The number of likely N-dealkylation sites (tertiary alicyclic amines) is 1. The van der Waals surface area contributed by atoms with Gasteiger partial charge in [0.15, 0.2) is 5.11 Å². The van der Waals surface area contributed by atoms with E-state index in [0.29, 0.717) is 18.7 Å². The molecule has 1 unspecified atom stereocenters. The topological polar surface area (TPSA) is 90.5 Å². The standard InChI is InChI=1S/C24H28N4O3S/c1-24(2,3)19-11-9-17(10-12-19)21(30)25-23(32)27-26-22(31)18-13-20(29)28(15-18)14-16-7-5-4-6-8-16/h4-12,18H,13-15H2,1-3H3,(H,26,31)(H2,25,27,30,32). The van der Waals surface area contributed by atoms with E-state index in [1.165, 1.54) is 0 Å². The van der Waals surface area contributed by atoms with E-state index < -0.39 is 5.92 Å². The van der Waals surface area contributed by atoms with Crippen LogP contribution >= 0.6 is 12.2 Å². The summed E-state index contributed by atoms with van der Waals surface area (Å²) in [4.78, 5) is 38.8. The van der Waals surface area contributed by atoms with Crippen molar-refractivity contribution < 1.29 is 14.4 Å². The lowest BCUT2D eigenvalue weighted by Crippen LogP contribution is -2.50. The van der Waals surface area contributed by atoms with Crippen molar-refractivity contribution in [1.82, 2.24) is 21.1 Å². The fourth-order valence-electron chi connectivity index (χ4n) is 3.45. The van der Waals surface area contributed by atoms with E-state index in [0.717, 1.165) is 11.1 Å². The highest BCUT2D eigenvalue weighted by Crippen LogP contribution is 2.22. The number of amides is 3. The van der Waals surface area contributed by atoms with Crippen molar-refractivity contribution in [3.05, 3.63) is 71.3 Å². The predicted molar refractivity (Wildman–Crippen MR) is 126 cm³/mol. The van der Waals surface area contributed by atoms with E-state index in [2.05, 4.69) is 36.9 Å². The van der Waals surface area contributed by atoms with Gasteiger partial charge >= 0.3 is 0 Å². The van der Waals surface area contributed by atoms with Crippen molar-refractivity contribution in [3.8, 4) is 0 Å². The first-order valence-corrected chi connectivity index (χ1v) is 10.9. The summed E-state index contributed by atoms with van der Waals surface area (Å²) in [7, 11) is 0. The van der Waals surface area contributed by atoms with E-state index in [-0.39, 0.29) is 34.7 Å². The fraction of sp³-hybridized carbons (Fsp3) is 0.333. The van der Waals surface area contributed by atoms with Crippen LogP contribution in [0.25, 0.3) is 0 Å². The summed E-state index contributed by atoms with van der Waals surface area (Å²) in [6, 6.07) is 16.9. The molecule has 7 nitrogen and oxygen atoms in total. The molecule has 0 saturated carbocycles. The molecule has 3 rings (SSSR count). The summed E-state index contributed by atoms with van der Waals surface area (Å²) in [5.41, 5.74) is 7.63. The third-order valence-corrected chi connectivity index (χ3v) is 5.55. The number of thiocarbonyl (C=S) groups is 1. The molecule has 0 aliphatic carbocycles. The Morgan fingerprint density at radius 3 is 2.31 bits per heavy atom. The highest BCUT2D eigenvalue weighted by atomic mass is 32.1. The number of hydrazine groups is 1. The van der Waals surface area contributed by atoms with Crippen LogP contribution < -0.4 is 16.2 Å². The number of nitrogens with zero attached hydrogens (tertiary/aromatic N) is 1. The van der Waals surface area contributed by atoms with Crippen molar-refractivity contribution in [2.45, 2.75) is 39.2 Å². The average Bonchev–Trinajstić information content (AvgIpc) is 3.12. The van der Waals surface area contributed by atoms with Gasteiger partial charge in [0.1, 0.15) is 0 Å². The van der Waals surface area contributed by atoms with E-state index in [1.54, 1.807) is 17.0 Å². The van der Waals surface area contributed by atoms with Gasteiger partial charge in [-0.25, -0.2) is 0 Å². The molecule has 3 N–H and O–H groups in total. The smallest absolute Gasteiger partial charge is 0.257 e. The normalized spacial score (nSPS) is 15.9. The largest absolute Gasteiger partial charge is 0.338 e. The number of rotatable bonds is 4. The lowest BCUT2D eigenvalue weighted by atomic mass is 9.87. The monoisotopic (exact) mass is 452 g/mol. The number of nitrogens with one attached hydrogen (secondary N) is 3. The second kappa shape index (κ2) is 9.91. The van der Waals surface area contributed by atoms with Crippen molar-refractivity contribution in [3.63, 3.8) is 0 Å². The van der Waals surface area contributed by atoms with Gasteiger partial charge in [-0.15, -0.1) is 0 Å². The Balaban J connectivity index is 1.46. The maximum atomic E-state index is 12.5. The van der Waals surface area contributed by atoms with Crippen molar-refractivity contribution in [2.75, 3.05) is 6.54 Å². The molecule has 1 saturated heterocycles. The first-order chi connectivity index (χ1) is 15.1. The molecule has 2 aromatic rings. The summed E-state index contributed by atoms with van der Waals surface area (Å²) < 4.78 is 0. The van der Waals surface area contributed by atoms with Crippen molar-refractivity contribution >= 4 is 35.1 Å². The highest BCUT2D eigenvalue weighted by Gasteiger charge is 2.34. The third-order valence-electron chi connectivity index (χ3n) is 5.34. The van der Waals surface area contributed by atoms with Gasteiger partial charge in [-0.05, 0) is 40.9 Å². The maximum Gasteiger partial charge on any atom is 0.257 e. The molecule has 0 spiro atoms. The van der Waals surface area contributed by atoms with Gasteiger partial charge in [-0.1, -0.05) is 63.2 Å². The van der Waals surface area contributed by atoms with Crippen LogP contribution in [0.1, 0.15) is 48.7 Å². The van der Waals surface area contributed by atoms with E-state index in [1.807, 2.05) is 42.5 Å². The molecule has 1 aliphatic rings. The van der Waals surface area contributed by atoms with Crippen LogP contribution in [-0.4, -0.2) is 34.3 Å². The molecule has 1 atom stereocenters. The van der Waals surface area contributed by atoms with Crippen LogP contribution in [0, 0.1) is 5.92 Å². The molecule has 1 heterocycles. The van der Waals surface area contributed by atoms with Gasteiger partial charge in [0.05, 0.1) is 5.92 Å². The first kappa shape index (κ1) is 23.4. The minimum absolute atomic E-state index is 0.00551. The van der Waals surface area contributed by atoms with Gasteiger partial charge in [0.25, 0.3) is 5.91 Å². The van der Waals surface area contributed by atoms with E-state index >= 15 is 0 Å².